The van der Waals surface area contributed by atoms with Crippen LogP contribution in [0.4, 0.5) is 0 Å². The van der Waals surface area contributed by atoms with Crippen LogP contribution in [0.3, 0.4) is 0 Å². The van der Waals surface area contributed by atoms with E-state index in [0.717, 1.165) is 13.2 Å². The molecule has 0 radical (unpaired) electrons. The average molecular weight is 173 g/mol. The molecule has 1 fully saturated rings. The number of imide groups is 1. The normalized spacial score (nSPS) is 15.2. The lowest BCUT2D eigenvalue weighted by Crippen LogP contribution is -2.18. The number of ether oxygens (including phenoxy) is 1. The molecule has 1 saturated heterocycles. The van der Waals surface area contributed by atoms with Crippen molar-refractivity contribution in [2.45, 2.75) is 26.7 Å². The molecule has 0 unspecified atom stereocenters. The Morgan fingerprint density at radius 3 is 1.67 bits per heavy atom. The summed E-state index contributed by atoms with van der Waals surface area (Å²) in [5, 5.41) is 2.14. The standard InChI is InChI=1S/C4H5NO2.C4H10O/c6-3-1-2-4(7)5-3;1-3-5-4-2/h1-2H2,(H,5,6,7);3-4H2,1-2H3. The fourth-order valence-corrected chi connectivity index (χ4v) is 0.712. The summed E-state index contributed by atoms with van der Waals surface area (Å²) in [7, 11) is 0. The first kappa shape index (κ1) is 11.1. The molecule has 1 aliphatic rings. The first-order chi connectivity index (χ1) is 5.70. The molecule has 4 heteroatoms. The van der Waals surface area contributed by atoms with Crippen molar-refractivity contribution in [2.24, 2.45) is 0 Å². The number of rotatable bonds is 2. The number of carbonyl (C=O) groups excluding carboxylic acids is 2. The van der Waals surface area contributed by atoms with Crippen LogP contribution in [0, 0.1) is 0 Å². The molecule has 1 aliphatic heterocycles. The second-order valence-electron chi connectivity index (χ2n) is 2.25. The summed E-state index contributed by atoms with van der Waals surface area (Å²) in [4.78, 5) is 20.2. The molecule has 2 amide bonds. The molecule has 4 nitrogen and oxygen atoms in total. The van der Waals surface area contributed by atoms with E-state index in [-0.39, 0.29) is 11.8 Å². The SMILES string of the molecule is CCOCC.O=C1CCC(=O)N1. The Kier molecular flexibility index (Phi) is 6.28. The molecule has 0 aromatic carbocycles. The molecule has 0 atom stereocenters. The zero-order valence-electron chi connectivity index (χ0n) is 7.55. The van der Waals surface area contributed by atoms with Crippen molar-refractivity contribution in [2.75, 3.05) is 13.2 Å². The van der Waals surface area contributed by atoms with Crippen LogP contribution >= 0.6 is 0 Å². The zero-order valence-corrected chi connectivity index (χ0v) is 7.55. The van der Waals surface area contributed by atoms with E-state index in [1.165, 1.54) is 0 Å². The van der Waals surface area contributed by atoms with Crippen molar-refractivity contribution in [1.82, 2.24) is 5.32 Å². The second-order valence-corrected chi connectivity index (χ2v) is 2.25. The highest BCUT2D eigenvalue weighted by atomic mass is 16.5. The van der Waals surface area contributed by atoms with Gasteiger partial charge in [-0.2, -0.15) is 0 Å². The van der Waals surface area contributed by atoms with E-state index in [2.05, 4.69) is 5.32 Å². The van der Waals surface area contributed by atoms with Crippen LogP contribution < -0.4 is 5.32 Å². The van der Waals surface area contributed by atoms with Crippen molar-refractivity contribution in [3.63, 3.8) is 0 Å². The third kappa shape index (κ3) is 5.85. The number of carbonyl (C=O) groups is 2. The minimum atomic E-state index is -0.148. The molecule has 0 aromatic rings. The van der Waals surface area contributed by atoms with Gasteiger partial charge in [-0.25, -0.2) is 0 Å². The average Bonchev–Trinajstić information content (AvgIpc) is 2.38. The molecule has 0 aromatic heterocycles. The lowest BCUT2D eigenvalue weighted by atomic mass is 10.4. The van der Waals surface area contributed by atoms with Crippen LogP contribution in [0.15, 0.2) is 0 Å². The van der Waals surface area contributed by atoms with Gasteiger partial charge in [0, 0.05) is 26.1 Å². The summed E-state index contributed by atoms with van der Waals surface area (Å²) in [6.45, 7) is 5.67. The molecule has 0 bridgehead atoms. The van der Waals surface area contributed by atoms with Crippen molar-refractivity contribution in [3.05, 3.63) is 0 Å². The van der Waals surface area contributed by atoms with Gasteiger partial charge in [0.2, 0.25) is 11.8 Å². The lowest BCUT2D eigenvalue weighted by Gasteiger charge is -1.86. The summed E-state index contributed by atoms with van der Waals surface area (Å²) >= 11 is 0. The lowest BCUT2D eigenvalue weighted by molar-refractivity contribution is -0.124. The van der Waals surface area contributed by atoms with Crippen molar-refractivity contribution in [3.8, 4) is 0 Å². The topological polar surface area (TPSA) is 55.4 Å². The van der Waals surface area contributed by atoms with E-state index in [4.69, 9.17) is 4.74 Å². The Morgan fingerprint density at radius 1 is 1.17 bits per heavy atom. The Morgan fingerprint density at radius 2 is 1.58 bits per heavy atom. The van der Waals surface area contributed by atoms with Gasteiger partial charge in [-0.3, -0.25) is 14.9 Å². The highest BCUT2D eigenvalue weighted by Crippen LogP contribution is 1.95. The summed E-state index contributed by atoms with van der Waals surface area (Å²) in [6.07, 6.45) is 0.748. The van der Waals surface area contributed by atoms with Gasteiger partial charge in [0.25, 0.3) is 0 Å². The third-order valence-electron chi connectivity index (χ3n) is 1.27. The Labute approximate surface area is 72.3 Å². The quantitative estimate of drug-likeness (QED) is 0.617. The largest absolute Gasteiger partial charge is 0.382 e. The maximum absolute atomic E-state index is 10.1. The second kappa shape index (κ2) is 6.79. The van der Waals surface area contributed by atoms with Crippen molar-refractivity contribution >= 4 is 11.8 Å². The molecule has 1 heterocycles. The molecule has 70 valence electrons. The fraction of sp³-hybridized carbons (Fsp3) is 0.750. The minimum absolute atomic E-state index is 0.148. The van der Waals surface area contributed by atoms with Gasteiger partial charge in [-0.05, 0) is 13.8 Å². The molecule has 1 rings (SSSR count). The van der Waals surface area contributed by atoms with Crippen LogP contribution in [0.1, 0.15) is 26.7 Å². The van der Waals surface area contributed by atoms with Crippen molar-refractivity contribution < 1.29 is 14.3 Å². The predicted molar refractivity (Wildman–Crippen MR) is 44.6 cm³/mol. The molecule has 1 N–H and O–H groups in total. The van der Waals surface area contributed by atoms with E-state index in [0.29, 0.717) is 12.8 Å². The third-order valence-corrected chi connectivity index (χ3v) is 1.27. The minimum Gasteiger partial charge on any atom is -0.382 e. The van der Waals surface area contributed by atoms with Gasteiger partial charge in [0.15, 0.2) is 0 Å². The van der Waals surface area contributed by atoms with Crippen LogP contribution in [-0.4, -0.2) is 25.0 Å². The first-order valence-electron chi connectivity index (χ1n) is 4.11. The van der Waals surface area contributed by atoms with Gasteiger partial charge >= 0.3 is 0 Å². The van der Waals surface area contributed by atoms with Gasteiger partial charge in [-0.15, -0.1) is 0 Å². The van der Waals surface area contributed by atoms with E-state index >= 15 is 0 Å². The Balaban J connectivity index is 0.000000217. The summed E-state index contributed by atoms with van der Waals surface area (Å²) < 4.78 is 4.83. The Hall–Kier alpha value is -0.900. The molecule has 0 saturated carbocycles. The summed E-state index contributed by atoms with van der Waals surface area (Å²) in [5.41, 5.74) is 0. The van der Waals surface area contributed by atoms with Crippen molar-refractivity contribution in [1.29, 1.82) is 0 Å². The van der Waals surface area contributed by atoms with Gasteiger partial charge < -0.3 is 4.74 Å². The maximum Gasteiger partial charge on any atom is 0.227 e. The van der Waals surface area contributed by atoms with Gasteiger partial charge in [-0.1, -0.05) is 0 Å². The molecule has 0 spiro atoms. The smallest absolute Gasteiger partial charge is 0.227 e. The van der Waals surface area contributed by atoms with Crippen LogP contribution in [0.2, 0.25) is 0 Å². The fourth-order valence-electron chi connectivity index (χ4n) is 0.712. The number of nitrogens with one attached hydrogen (secondary N) is 1. The van der Waals surface area contributed by atoms with Gasteiger partial charge in [0.05, 0.1) is 0 Å². The van der Waals surface area contributed by atoms with E-state index in [1.54, 1.807) is 0 Å². The Bertz CT molecular complexity index is 140. The van der Waals surface area contributed by atoms with Gasteiger partial charge in [0.1, 0.15) is 0 Å². The maximum atomic E-state index is 10.1. The highest BCUT2D eigenvalue weighted by molar-refractivity contribution is 6.01. The monoisotopic (exact) mass is 173 g/mol. The first-order valence-corrected chi connectivity index (χ1v) is 4.11. The van der Waals surface area contributed by atoms with Crippen LogP contribution in [0.25, 0.3) is 0 Å². The predicted octanol–water partition coefficient (Wildman–Crippen LogP) is 0.466. The zero-order chi connectivity index (χ0) is 9.40. The number of hydrogen-bond acceptors (Lipinski definition) is 3. The van der Waals surface area contributed by atoms with Crippen LogP contribution in [-0.2, 0) is 14.3 Å². The molecule has 12 heavy (non-hydrogen) atoms. The van der Waals surface area contributed by atoms with Crippen LogP contribution in [0.5, 0.6) is 0 Å². The highest BCUT2D eigenvalue weighted by Gasteiger charge is 2.15. The molecular weight excluding hydrogens is 158 g/mol. The molecular formula is C8H15NO3. The van der Waals surface area contributed by atoms with E-state index < -0.39 is 0 Å². The van der Waals surface area contributed by atoms with E-state index in [1.807, 2.05) is 13.8 Å². The molecule has 0 aliphatic carbocycles. The van der Waals surface area contributed by atoms with E-state index in [9.17, 15) is 9.59 Å². The summed E-state index contributed by atoms with van der Waals surface area (Å²) in [5.74, 6) is -0.296. The number of hydrogen-bond donors (Lipinski definition) is 1. The number of amides is 2. The summed E-state index contributed by atoms with van der Waals surface area (Å²) in [6, 6.07) is 0.